The summed E-state index contributed by atoms with van der Waals surface area (Å²) in [4.78, 5) is 30.4. The average molecular weight is 537 g/mol. The second-order valence-corrected chi connectivity index (χ2v) is 9.59. The molecule has 0 spiro atoms. The van der Waals surface area contributed by atoms with E-state index in [1.54, 1.807) is 47.8 Å². The Morgan fingerprint density at radius 1 is 1.03 bits per heavy atom. The molecule has 0 saturated carbocycles. The van der Waals surface area contributed by atoms with Gasteiger partial charge in [0.15, 0.2) is 11.4 Å². The number of nitrogens with one attached hydrogen (secondary N) is 1. The molecule has 1 N–H and O–H groups in total. The van der Waals surface area contributed by atoms with E-state index in [9.17, 15) is 22.8 Å². The Morgan fingerprint density at radius 3 is 2.36 bits per heavy atom. The van der Waals surface area contributed by atoms with Gasteiger partial charge in [-0.25, -0.2) is 0 Å². The number of amides is 1. The molecule has 1 heterocycles. The van der Waals surface area contributed by atoms with Crippen molar-refractivity contribution in [3.05, 3.63) is 81.3 Å². The summed E-state index contributed by atoms with van der Waals surface area (Å²) in [5, 5.41) is 8.48. The summed E-state index contributed by atoms with van der Waals surface area (Å²) in [6, 6.07) is 15.8. The van der Waals surface area contributed by atoms with Crippen LogP contribution in [0.5, 0.6) is 0 Å². The zero-order chi connectivity index (χ0) is 26.1. The monoisotopic (exact) mass is 536 g/mol. The lowest BCUT2D eigenvalue weighted by Gasteiger charge is -2.22. The van der Waals surface area contributed by atoms with E-state index >= 15 is 0 Å². The lowest BCUT2D eigenvalue weighted by atomic mass is 9.87. The highest BCUT2D eigenvalue weighted by atomic mass is 35.5. The summed E-state index contributed by atoms with van der Waals surface area (Å²) >= 11 is 12.3. The van der Waals surface area contributed by atoms with Crippen LogP contribution in [0.3, 0.4) is 0 Å². The summed E-state index contributed by atoms with van der Waals surface area (Å²) < 4.78 is 36.9. The molecule has 36 heavy (non-hydrogen) atoms. The first-order chi connectivity index (χ1) is 16.9. The molecule has 10 heteroatoms. The van der Waals surface area contributed by atoms with Gasteiger partial charge in [-0.15, -0.1) is 0 Å². The standard InChI is InChI=1S/C26H21Cl2F3N2O3/c1-25(15-10-16(27)12-17(28)11-15)13-22(33-36-25)20-6-7-21(19-5-3-2-4-18(19)20)23(34)8-9-24(35)32-14-26(29,30)31/h2-7,10-12H,8-9,13-14H2,1H3,(H,32,35). The largest absolute Gasteiger partial charge is 0.405 e. The Kier molecular flexibility index (Phi) is 7.29. The van der Waals surface area contributed by atoms with E-state index in [-0.39, 0.29) is 18.6 Å². The maximum Gasteiger partial charge on any atom is 0.405 e. The summed E-state index contributed by atoms with van der Waals surface area (Å²) in [5.74, 6) is -1.18. The molecule has 0 aromatic heterocycles. The van der Waals surface area contributed by atoms with E-state index in [2.05, 4.69) is 5.16 Å². The van der Waals surface area contributed by atoms with Crippen LogP contribution in [0.15, 0.2) is 59.8 Å². The minimum Gasteiger partial charge on any atom is -0.384 e. The van der Waals surface area contributed by atoms with Crippen LogP contribution >= 0.6 is 23.2 Å². The summed E-state index contributed by atoms with van der Waals surface area (Å²) in [6.45, 7) is 0.456. The number of halogens is 5. The number of alkyl halides is 3. The molecule has 4 rings (SSSR count). The smallest absolute Gasteiger partial charge is 0.384 e. The molecule has 0 saturated heterocycles. The van der Waals surface area contributed by atoms with Crippen molar-refractivity contribution in [2.75, 3.05) is 6.54 Å². The van der Waals surface area contributed by atoms with Crippen molar-refractivity contribution < 1.29 is 27.6 Å². The van der Waals surface area contributed by atoms with Crippen LogP contribution < -0.4 is 5.32 Å². The molecule has 0 bridgehead atoms. The molecule has 1 unspecified atom stereocenters. The number of carbonyl (C=O) groups excluding carboxylic acids is 2. The number of Topliss-reactive ketones (excluding diaryl/α,β-unsaturated/α-hetero) is 1. The Labute approximate surface area is 215 Å². The van der Waals surface area contributed by atoms with E-state index in [0.29, 0.717) is 33.1 Å². The van der Waals surface area contributed by atoms with Crippen LogP contribution in [0.1, 0.15) is 47.7 Å². The molecule has 1 aliphatic heterocycles. The third kappa shape index (κ3) is 5.82. The van der Waals surface area contributed by atoms with Gasteiger partial charge in [0.1, 0.15) is 6.54 Å². The van der Waals surface area contributed by atoms with Gasteiger partial charge < -0.3 is 10.2 Å². The molecule has 1 atom stereocenters. The average Bonchev–Trinajstić information content (AvgIpc) is 3.22. The topological polar surface area (TPSA) is 67.8 Å². The lowest BCUT2D eigenvalue weighted by molar-refractivity contribution is -0.138. The lowest BCUT2D eigenvalue weighted by Crippen LogP contribution is -2.33. The molecule has 1 aliphatic rings. The van der Waals surface area contributed by atoms with Gasteiger partial charge in [-0.2, -0.15) is 13.2 Å². The van der Waals surface area contributed by atoms with Gasteiger partial charge in [0.25, 0.3) is 0 Å². The third-order valence-electron chi connectivity index (χ3n) is 5.94. The molecule has 0 fully saturated rings. The number of hydrogen-bond acceptors (Lipinski definition) is 4. The Hall–Kier alpha value is -3.10. The van der Waals surface area contributed by atoms with E-state index in [0.717, 1.165) is 16.5 Å². The second-order valence-electron chi connectivity index (χ2n) is 8.72. The SMILES string of the molecule is CC1(c2cc(Cl)cc(Cl)c2)CC(c2ccc(C(=O)CCC(=O)NCC(F)(F)F)c3ccccc23)=NO1. The maximum atomic E-state index is 12.9. The van der Waals surface area contributed by atoms with Crippen LogP contribution in [0.25, 0.3) is 10.8 Å². The van der Waals surface area contributed by atoms with E-state index in [4.69, 9.17) is 28.0 Å². The van der Waals surface area contributed by atoms with Crippen LogP contribution in [-0.4, -0.2) is 30.1 Å². The fraction of sp³-hybridized carbons (Fsp3) is 0.269. The number of carbonyl (C=O) groups is 2. The summed E-state index contributed by atoms with van der Waals surface area (Å²) in [7, 11) is 0. The first-order valence-electron chi connectivity index (χ1n) is 11.1. The molecular formula is C26H21Cl2F3N2O3. The van der Waals surface area contributed by atoms with Gasteiger partial charge in [-0.1, -0.05) is 64.8 Å². The number of benzene rings is 3. The van der Waals surface area contributed by atoms with Gasteiger partial charge >= 0.3 is 6.18 Å². The molecular weight excluding hydrogens is 516 g/mol. The first-order valence-corrected chi connectivity index (χ1v) is 11.8. The van der Waals surface area contributed by atoms with Crippen molar-refractivity contribution in [1.82, 2.24) is 5.32 Å². The van der Waals surface area contributed by atoms with Crippen LogP contribution in [-0.2, 0) is 15.2 Å². The zero-order valence-electron chi connectivity index (χ0n) is 19.1. The molecule has 1 amide bonds. The van der Waals surface area contributed by atoms with Gasteiger partial charge in [0.05, 0.1) is 5.71 Å². The van der Waals surface area contributed by atoms with E-state index in [1.165, 1.54) is 0 Å². The highest BCUT2D eigenvalue weighted by molar-refractivity contribution is 6.34. The number of oxime groups is 1. The first kappa shape index (κ1) is 26.0. The molecule has 5 nitrogen and oxygen atoms in total. The normalized spacial score (nSPS) is 17.6. The van der Waals surface area contributed by atoms with Crippen molar-refractivity contribution in [2.24, 2.45) is 5.16 Å². The Balaban J connectivity index is 1.55. The molecule has 3 aromatic rings. The number of ketones is 1. The quantitative estimate of drug-likeness (QED) is 0.336. The minimum atomic E-state index is -4.51. The molecule has 0 radical (unpaired) electrons. The summed E-state index contributed by atoms with van der Waals surface area (Å²) in [5.41, 5.74) is 1.82. The van der Waals surface area contributed by atoms with E-state index < -0.39 is 24.2 Å². The second kappa shape index (κ2) is 10.1. The third-order valence-corrected chi connectivity index (χ3v) is 6.37. The van der Waals surface area contributed by atoms with Crippen LogP contribution in [0.4, 0.5) is 13.2 Å². The number of rotatable bonds is 7. The van der Waals surface area contributed by atoms with Crippen molar-refractivity contribution in [1.29, 1.82) is 0 Å². The van der Waals surface area contributed by atoms with Gasteiger partial charge in [0.2, 0.25) is 5.91 Å². The van der Waals surface area contributed by atoms with E-state index in [1.807, 2.05) is 19.1 Å². The number of fused-ring (bicyclic) bond motifs is 1. The van der Waals surface area contributed by atoms with Crippen LogP contribution in [0.2, 0.25) is 10.0 Å². The number of hydrogen-bond donors (Lipinski definition) is 1. The Bertz CT molecular complexity index is 1350. The van der Waals surface area contributed by atoms with Crippen LogP contribution in [0, 0.1) is 0 Å². The molecule has 0 aliphatic carbocycles. The predicted octanol–water partition coefficient (Wildman–Crippen LogP) is 6.83. The van der Waals surface area contributed by atoms with Crippen molar-refractivity contribution in [3.8, 4) is 0 Å². The van der Waals surface area contributed by atoms with Crippen molar-refractivity contribution >= 4 is 51.4 Å². The fourth-order valence-electron chi connectivity index (χ4n) is 4.14. The predicted molar refractivity (Wildman–Crippen MR) is 133 cm³/mol. The fourth-order valence-corrected chi connectivity index (χ4v) is 4.67. The maximum absolute atomic E-state index is 12.9. The van der Waals surface area contributed by atoms with Crippen molar-refractivity contribution in [2.45, 2.75) is 38.0 Å². The van der Waals surface area contributed by atoms with Gasteiger partial charge in [-0.3, -0.25) is 9.59 Å². The number of nitrogens with zero attached hydrogens (tertiary/aromatic N) is 1. The van der Waals surface area contributed by atoms with Gasteiger partial charge in [0, 0.05) is 46.0 Å². The highest BCUT2D eigenvalue weighted by Gasteiger charge is 2.37. The van der Waals surface area contributed by atoms with Gasteiger partial charge in [-0.05, 0) is 35.9 Å². The molecule has 188 valence electrons. The zero-order valence-corrected chi connectivity index (χ0v) is 20.6. The summed E-state index contributed by atoms with van der Waals surface area (Å²) in [6.07, 6.45) is -4.63. The Morgan fingerprint density at radius 2 is 1.69 bits per heavy atom. The molecule has 3 aromatic carbocycles. The highest BCUT2D eigenvalue weighted by Crippen LogP contribution is 2.39. The van der Waals surface area contributed by atoms with Crippen molar-refractivity contribution in [3.63, 3.8) is 0 Å². The minimum absolute atomic E-state index is 0.218.